The summed E-state index contributed by atoms with van der Waals surface area (Å²) < 4.78 is 6.65. The van der Waals surface area contributed by atoms with Crippen LogP contribution in [0.15, 0.2) is 44.6 Å². The highest BCUT2D eigenvalue weighted by atomic mass is 79.9. The van der Waals surface area contributed by atoms with Crippen molar-refractivity contribution < 1.29 is 14.3 Å². The summed E-state index contributed by atoms with van der Waals surface area (Å²) in [5, 5.41) is -0.293. The first-order valence-electron chi connectivity index (χ1n) is 7.67. The van der Waals surface area contributed by atoms with E-state index in [2.05, 4.69) is 20.9 Å². The van der Waals surface area contributed by atoms with Crippen molar-refractivity contribution in [2.24, 2.45) is 0 Å². The van der Waals surface area contributed by atoms with E-state index in [0.717, 1.165) is 37.8 Å². The van der Waals surface area contributed by atoms with Crippen LogP contribution < -0.4 is 10.3 Å². The Kier molecular flexibility index (Phi) is 5.33. The third-order valence-corrected chi connectivity index (χ3v) is 5.46. The van der Waals surface area contributed by atoms with Crippen LogP contribution in [0.3, 0.4) is 0 Å². The molecule has 2 heterocycles. The number of nitrogens with one attached hydrogen (secondary N) is 1. The lowest BCUT2D eigenvalue weighted by Crippen LogP contribution is -2.22. The predicted octanol–water partition coefficient (Wildman–Crippen LogP) is 3.69. The summed E-state index contributed by atoms with van der Waals surface area (Å²) in [6, 6.07) is 6.85. The van der Waals surface area contributed by atoms with Crippen molar-refractivity contribution in [3.63, 3.8) is 0 Å². The van der Waals surface area contributed by atoms with Crippen LogP contribution in [-0.4, -0.2) is 28.1 Å². The Labute approximate surface area is 162 Å². The topological polar surface area (TPSA) is 79.5 Å². The first-order chi connectivity index (χ1) is 12.3. The second kappa shape index (κ2) is 7.51. The second-order valence-corrected chi connectivity index (χ2v) is 7.58. The molecule has 134 valence electrons. The molecule has 1 fully saturated rings. The fourth-order valence-corrected chi connectivity index (χ4v) is 3.71. The Bertz CT molecular complexity index is 963. The molecular weight excluding hydrogens is 420 g/mol. The van der Waals surface area contributed by atoms with Gasteiger partial charge in [0.25, 0.3) is 11.1 Å². The number of rotatable bonds is 4. The number of aromatic amines is 1. The number of benzene rings is 1. The van der Waals surface area contributed by atoms with Crippen LogP contribution in [-0.2, 0) is 11.4 Å². The summed E-state index contributed by atoms with van der Waals surface area (Å²) in [6.45, 7) is 2.21. The average Bonchev–Trinajstić information content (AvgIpc) is 2.84. The van der Waals surface area contributed by atoms with Gasteiger partial charge in [0.1, 0.15) is 12.4 Å². The molecule has 1 aromatic heterocycles. The van der Waals surface area contributed by atoms with E-state index in [9.17, 15) is 14.4 Å². The zero-order valence-corrected chi connectivity index (χ0v) is 16.4. The number of carbonyl (C=O) groups is 2. The normalized spacial score (nSPS) is 15.8. The van der Waals surface area contributed by atoms with Crippen LogP contribution in [0.1, 0.15) is 16.7 Å². The van der Waals surface area contributed by atoms with Crippen molar-refractivity contribution >= 4 is 44.9 Å². The fourth-order valence-electron chi connectivity index (χ4n) is 2.32. The summed E-state index contributed by atoms with van der Waals surface area (Å²) in [5.74, 6) is 0.338. The van der Waals surface area contributed by atoms with Gasteiger partial charge in [0.05, 0.1) is 4.91 Å². The van der Waals surface area contributed by atoms with E-state index in [1.807, 2.05) is 19.1 Å². The van der Waals surface area contributed by atoms with Crippen molar-refractivity contribution in [2.75, 3.05) is 7.05 Å². The molecule has 26 heavy (non-hydrogen) atoms. The number of thioether (sulfide) groups is 1. The van der Waals surface area contributed by atoms with Crippen molar-refractivity contribution in [3.05, 3.63) is 66.9 Å². The van der Waals surface area contributed by atoms with E-state index in [0.29, 0.717) is 17.3 Å². The number of halogens is 1. The summed E-state index contributed by atoms with van der Waals surface area (Å²) in [4.78, 5) is 38.9. The quantitative estimate of drug-likeness (QED) is 0.742. The number of imide groups is 1. The largest absolute Gasteiger partial charge is 0.489 e. The maximum atomic E-state index is 12.1. The minimum absolute atomic E-state index is 0.166. The predicted molar refractivity (Wildman–Crippen MR) is 104 cm³/mol. The zero-order valence-electron chi connectivity index (χ0n) is 14.0. The van der Waals surface area contributed by atoms with Gasteiger partial charge in [-0.05, 0) is 54.1 Å². The van der Waals surface area contributed by atoms with Gasteiger partial charge in [-0.2, -0.15) is 0 Å². The Balaban J connectivity index is 1.85. The van der Waals surface area contributed by atoms with Gasteiger partial charge in [0, 0.05) is 29.3 Å². The van der Waals surface area contributed by atoms with Gasteiger partial charge in [-0.1, -0.05) is 15.9 Å². The minimum atomic E-state index is -0.316. The number of hydrogen-bond acceptors (Lipinski definition) is 5. The summed E-state index contributed by atoms with van der Waals surface area (Å²) in [7, 11) is 1.46. The molecular formula is C18H15BrN2O4S. The Morgan fingerprint density at radius 2 is 2.04 bits per heavy atom. The van der Waals surface area contributed by atoms with Crippen molar-refractivity contribution in [1.29, 1.82) is 0 Å². The SMILES string of the molecule is Cc1cc(Br)c(/C=C2\SC(=O)N(C)C2=O)cc1OCc1ccc(=O)[nH]c1. The molecule has 0 unspecified atom stereocenters. The molecule has 0 aliphatic carbocycles. The van der Waals surface area contributed by atoms with E-state index >= 15 is 0 Å². The molecule has 0 atom stereocenters. The lowest BCUT2D eigenvalue weighted by Gasteiger charge is -2.12. The number of aryl methyl sites for hydroxylation is 1. The zero-order chi connectivity index (χ0) is 18.8. The molecule has 1 aliphatic heterocycles. The molecule has 2 amide bonds. The Hall–Kier alpha value is -2.32. The highest BCUT2D eigenvalue weighted by Gasteiger charge is 2.31. The van der Waals surface area contributed by atoms with Crippen LogP contribution in [0.2, 0.25) is 0 Å². The molecule has 6 nitrogen and oxygen atoms in total. The number of H-pyrrole nitrogens is 1. The molecule has 0 saturated carbocycles. The lowest BCUT2D eigenvalue weighted by atomic mass is 10.1. The first kappa shape index (κ1) is 18.5. The summed E-state index contributed by atoms with van der Waals surface area (Å²) in [6.07, 6.45) is 3.28. The standard InChI is InChI=1S/C18H15BrN2O4S/c1-10-5-13(19)12(7-15-17(23)21(2)18(24)26-15)6-14(10)25-9-11-3-4-16(22)20-8-11/h3-8H,9H2,1-2H3,(H,20,22)/b15-7-. The molecule has 1 aromatic carbocycles. The number of carbonyl (C=O) groups excluding carboxylic acids is 2. The van der Waals surface area contributed by atoms with Crippen LogP contribution in [0.4, 0.5) is 4.79 Å². The highest BCUT2D eigenvalue weighted by Crippen LogP contribution is 2.34. The number of hydrogen-bond donors (Lipinski definition) is 1. The molecule has 3 rings (SSSR count). The van der Waals surface area contributed by atoms with Gasteiger partial charge in [-0.25, -0.2) is 0 Å². The molecule has 1 saturated heterocycles. The molecule has 0 radical (unpaired) electrons. The smallest absolute Gasteiger partial charge is 0.293 e. The van der Waals surface area contributed by atoms with E-state index < -0.39 is 0 Å². The molecule has 1 N–H and O–H groups in total. The Morgan fingerprint density at radius 1 is 1.27 bits per heavy atom. The van der Waals surface area contributed by atoms with Crippen molar-refractivity contribution in [3.8, 4) is 5.75 Å². The lowest BCUT2D eigenvalue weighted by molar-refractivity contribution is -0.121. The van der Waals surface area contributed by atoms with Crippen LogP contribution >= 0.6 is 27.7 Å². The van der Waals surface area contributed by atoms with E-state index in [-0.39, 0.29) is 16.7 Å². The van der Waals surface area contributed by atoms with E-state index in [4.69, 9.17) is 4.74 Å². The van der Waals surface area contributed by atoms with Crippen LogP contribution in [0, 0.1) is 6.92 Å². The molecule has 8 heteroatoms. The number of amides is 2. The summed E-state index contributed by atoms with van der Waals surface area (Å²) >= 11 is 4.39. The maximum Gasteiger partial charge on any atom is 0.293 e. The molecule has 0 bridgehead atoms. The van der Waals surface area contributed by atoms with Gasteiger partial charge in [0.2, 0.25) is 5.56 Å². The minimum Gasteiger partial charge on any atom is -0.489 e. The first-order valence-corrected chi connectivity index (χ1v) is 9.28. The number of likely N-dealkylation sites (N-methyl/N-ethyl adjacent to an activating group) is 1. The van der Waals surface area contributed by atoms with Gasteiger partial charge in [-0.3, -0.25) is 19.3 Å². The summed E-state index contributed by atoms with van der Waals surface area (Å²) in [5.41, 5.74) is 2.33. The maximum absolute atomic E-state index is 12.1. The number of ether oxygens (including phenoxy) is 1. The molecule has 1 aliphatic rings. The number of aromatic nitrogens is 1. The fraction of sp³-hybridized carbons (Fsp3) is 0.167. The molecule has 0 spiro atoms. The van der Waals surface area contributed by atoms with E-state index in [1.165, 1.54) is 13.1 Å². The van der Waals surface area contributed by atoms with Gasteiger partial charge in [0.15, 0.2) is 0 Å². The second-order valence-electron chi connectivity index (χ2n) is 5.73. The van der Waals surface area contributed by atoms with Crippen LogP contribution in [0.25, 0.3) is 6.08 Å². The third-order valence-electron chi connectivity index (χ3n) is 3.81. The third kappa shape index (κ3) is 3.91. The highest BCUT2D eigenvalue weighted by molar-refractivity contribution is 9.10. The van der Waals surface area contributed by atoms with Gasteiger partial charge >= 0.3 is 0 Å². The Morgan fingerprint density at radius 3 is 2.65 bits per heavy atom. The van der Waals surface area contributed by atoms with Crippen LogP contribution in [0.5, 0.6) is 5.75 Å². The number of pyridine rings is 1. The van der Waals surface area contributed by atoms with E-state index in [1.54, 1.807) is 18.3 Å². The van der Waals surface area contributed by atoms with Crippen molar-refractivity contribution in [2.45, 2.75) is 13.5 Å². The monoisotopic (exact) mass is 434 g/mol. The average molecular weight is 435 g/mol. The van der Waals surface area contributed by atoms with Crippen molar-refractivity contribution in [1.82, 2.24) is 9.88 Å². The van der Waals surface area contributed by atoms with Gasteiger partial charge in [-0.15, -0.1) is 0 Å². The van der Waals surface area contributed by atoms with Gasteiger partial charge < -0.3 is 9.72 Å². The molecule has 2 aromatic rings. The number of nitrogens with zero attached hydrogens (tertiary/aromatic N) is 1.